The molecule has 0 radical (unpaired) electrons. The predicted molar refractivity (Wildman–Crippen MR) is 131 cm³/mol. The van der Waals surface area contributed by atoms with Crippen molar-refractivity contribution in [1.82, 2.24) is 5.32 Å². The van der Waals surface area contributed by atoms with Crippen LogP contribution in [0.2, 0.25) is 0 Å². The highest BCUT2D eigenvalue weighted by molar-refractivity contribution is 6.00. The van der Waals surface area contributed by atoms with E-state index in [9.17, 15) is 9.59 Å². The summed E-state index contributed by atoms with van der Waals surface area (Å²) in [6.07, 6.45) is 3.00. The molecule has 0 spiro atoms. The molecule has 176 valence electrons. The maximum absolute atomic E-state index is 13.0. The lowest BCUT2D eigenvalue weighted by Crippen LogP contribution is -2.32. The molecule has 2 aromatic carbocycles. The lowest BCUT2D eigenvalue weighted by molar-refractivity contribution is -0.138. The van der Waals surface area contributed by atoms with Crippen LogP contribution in [0.1, 0.15) is 30.9 Å². The third kappa shape index (κ3) is 5.84. The number of ether oxygens (including phenoxy) is 3. The average molecular weight is 460 g/mol. The van der Waals surface area contributed by atoms with Crippen molar-refractivity contribution in [2.75, 3.05) is 13.2 Å². The fraction of sp³-hybridized carbons (Fsp3) is 0.214. The number of allylic oxidation sites excluding steroid dienone is 2. The molecule has 0 aromatic heterocycles. The van der Waals surface area contributed by atoms with Crippen LogP contribution < -0.4 is 10.1 Å². The summed E-state index contributed by atoms with van der Waals surface area (Å²) in [6, 6.07) is 17.2. The first-order valence-electron chi connectivity index (χ1n) is 11.0. The molecule has 0 atom stereocenters. The van der Waals surface area contributed by atoms with Gasteiger partial charge in [0.15, 0.2) is 0 Å². The van der Waals surface area contributed by atoms with Crippen LogP contribution in [0.5, 0.6) is 5.75 Å². The number of benzene rings is 2. The Bertz CT molecular complexity index is 1070. The van der Waals surface area contributed by atoms with Crippen LogP contribution in [-0.4, -0.2) is 25.2 Å². The SMILES string of the molecule is C=CCOC(=O)C1=C(C)NC(C)=C(C(=O)OCC=C)C1c1ccc(OCc2ccccc2)cc1. The highest BCUT2D eigenvalue weighted by Gasteiger charge is 2.37. The van der Waals surface area contributed by atoms with Crippen molar-refractivity contribution in [1.29, 1.82) is 0 Å². The lowest BCUT2D eigenvalue weighted by Gasteiger charge is -2.30. The average Bonchev–Trinajstić information content (AvgIpc) is 2.85. The molecule has 2 aromatic rings. The largest absolute Gasteiger partial charge is 0.489 e. The maximum Gasteiger partial charge on any atom is 0.337 e. The van der Waals surface area contributed by atoms with Gasteiger partial charge >= 0.3 is 11.9 Å². The minimum absolute atomic E-state index is 0.0630. The van der Waals surface area contributed by atoms with E-state index in [1.54, 1.807) is 13.8 Å². The first-order valence-corrected chi connectivity index (χ1v) is 11.0. The second-order valence-corrected chi connectivity index (χ2v) is 7.75. The molecule has 0 fully saturated rings. The summed E-state index contributed by atoms with van der Waals surface area (Å²) in [7, 11) is 0. The van der Waals surface area contributed by atoms with Crippen LogP contribution in [0, 0.1) is 0 Å². The van der Waals surface area contributed by atoms with Crippen LogP contribution in [-0.2, 0) is 25.7 Å². The number of carbonyl (C=O) groups is 2. The van der Waals surface area contributed by atoms with E-state index in [-0.39, 0.29) is 13.2 Å². The zero-order valence-electron chi connectivity index (χ0n) is 19.5. The molecule has 0 bridgehead atoms. The molecule has 0 unspecified atom stereocenters. The zero-order valence-corrected chi connectivity index (χ0v) is 19.5. The molecular formula is C28H29NO5. The van der Waals surface area contributed by atoms with E-state index < -0.39 is 17.9 Å². The fourth-order valence-corrected chi connectivity index (χ4v) is 3.79. The van der Waals surface area contributed by atoms with Crippen molar-refractivity contribution in [3.63, 3.8) is 0 Å². The number of rotatable bonds is 10. The summed E-state index contributed by atoms with van der Waals surface area (Å²) in [5.41, 5.74) is 3.71. The van der Waals surface area contributed by atoms with Crippen molar-refractivity contribution < 1.29 is 23.8 Å². The summed E-state index contributed by atoms with van der Waals surface area (Å²) >= 11 is 0. The molecule has 1 N–H and O–H groups in total. The smallest absolute Gasteiger partial charge is 0.337 e. The number of carbonyl (C=O) groups excluding carboxylic acids is 2. The van der Waals surface area contributed by atoms with Crippen molar-refractivity contribution in [2.24, 2.45) is 0 Å². The van der Waals surface area contributed by atoms with Gasteiger partial charge in [0.05, 0.1) is 17.1 Å². The summed E-state index contributed by atoms with van der Waals surface area (Å²) in [5.74, 6) is -1.05. The van der Waals surface area contributed by atoms with Crippen molar-refractivity contribution in [3.8, 4) is 5.75 Å². The van der Waals surface area contributed by atoms with Gasteiger partial charge in [-0.3, -0.25) is 0 Å². The molecule has 1 heterocycles. The predicted octanol–water partition coefficient (Wildman–Crippen LogP) is 4.96. The Kier molecular flexibility index (Phi) is 8.46. The van der Waals surface area contributed by atoms with Gasteiger partial charge in [-0.1, -0.05) is 67.8 Å². The molecule has 6 heteroatoms. The van der Waals surface area contributed by atoms with E-state index in [1.165, 1.54) is 12.2 Å². The number of esters is 2. The van der Waals surface area contributed by atoms with Gasteiger partial charge in [-0.25, -0.2) is 9.59 Å². The van der Waals surface area contributed by atoms with Gasteiger partial charge in [-0.15, -0.1) is 0 Å². The lowest BCUT2D eigenvalue weighted by atomic mass is 9.80. The monoisotopic (exact) mass is 459 g/mol. The third-order valence-corrected chi connectivity index (χ3v) is 5.33. The quantitative estimate of drug-likeness (QED) is 0.400. The Morgan fingerprint density at radius 1 is 0.853 bits per heavy atom. The number of dihydropyridines is 1. The topological polar surface area (TPSA) is 73.9 Å². The molecule has 34 heavy (non-hydrogen) atoms. The Hall–Kier alpha value is -4.06. The first-order chi connectivity index (χ1) is 16.5. The maximum atomic E-state index is 13.0. The van der Waals surface area contributed by atoms with Crippen LogP contribution in [0.3, 0.4) is 0 Å². The van der Waals surface area contributed by atoms with E-state index in [0.717, 1.165) is 11.1 Å². The molecule has 1 aliphatic rings. The van der Waals surface area contributed by atoms with Gasteiger partial charge in [0.2, 0.25) is 0 Å². The summed E-state index contributed by atoms with van der Waals surface area (Å²) in [5, 5.41) is 3.12. The molecule has 0 aliphatic carbocycles. The van der Waals surface area contributed by atoms with Gasteiger partial charge in [-0.05, 0) is 37.1 Å². The minimum atomic E-state index is -0.668. The Labute approximate surface area is 200 Å². The molecule has 0 saturated carbocycles. The van der Waals surface area contributed by atoms with Crippen molar-refractivity contribution >= 4 is 11.9 Å². The Morgan fingerprint density at radius 2 is 1.38 bits per heavy atom. The third-order valence-electron chi connectivity index (χ3n) is 5.33. The Balaban J connectivity index is 1.94. The second kappa shape index (κ2) is 11.7. The van der Waals surface area contributed by atoms with E-state index in [1.807, 2.05) is 54.6 Å². The van der Waals surface area contributed by atoms with Crippen molar-refractivity contribution in [3.05, 3.63) is 114 Å². The number of hydrogen-bond donors (Lipinski definition) is 1. The number of nitrogens with one attached hydrogen (secondary N) is 1. The minimum Gasteiger partial charge on any atom is -0.489 e. The van der Waals surface area contributed by atoms with Gasteiger partial charge in [0.1, 0.15) is 25.6 Å². The summed E-state index contributed by atoms with van der Waals surface area (Å²) < 4.78 is 16.6. The first kappa shape index (κ1) is 24.6. The fourth-order valence-electron chi connectivity index (χ4n) is 3.79. The highest BCUT2D eigenvalue weighted by Crippen LogP contribution is 2.39. The van der Waals surface area contributed by atoms with Crippen LogP contribution in [0.4, 0.5) is 0 Å². The Morgan fingerprint density at radius 3 is 1.88 bits per heavy atom. The zero-order chi connectivity index (χ0) is 24.5. The van der Waals surface area contributed by atoms with Crippen LogP contribution in [0.15, 0.2) is 102 Å². The van der Waals surface area contributed by atoms with Crippen molar-refractivity contribution in [2.45, 2.75) is 26.4 Å². The normalized spacial score (nSPS) is 13.7. The van der Waals surface area contributed by atoms with Gasteiger partial charge in [0, 0.05) is 11.4 Å². The molecule has 3 rings (SSSR count). The second-order valence-electron chi connectivity index (χ2n) is 7.75. The van der Waals surface area contributed by atoms with E-state index in [2.05, 4.69) is 18.5 Å². The highest BCUT2D eigenvalue weighted by atomic mass is 16.5. The number of hydrogen-bond acceptors (Lipinski definition) is 6. The molecule has 0 saturated heterocycles. The summed E-state index contributed by atoms with van der Waals surface area (Å²) in [4.78, 5) is 26.0. The van der Waals surface area contributed by atoms with Gasteiger partial charge in [-0.2, -0.15) is 0 Å². The van der Waals surface area contributed by atoms with E-state index in [0.29, 0.717) is 34.9 Å². The standard InChI is InChI=1S/C28H29NO5/c1-5-16-32-27(30)24-19(3)29-20(4)25(28(31)33-17-6-2)26(24)22-12-14-23(15-13-22)34-18-21-10-8-7-9-11-21/h5-15,26,29H,1-2,16-18H2,3-4H3. The molecular weight excluding hydrogens is 430 g/mol. The van der Waals surface area contributed by atoms with Gasteiger partial charge in [0.25, 0.3) is 0 Å². The van der Waals surface area contributed by atoms with Crippen LogP contribution in [0.25, 0.3) is 0 Å². The van der Waals surface area contributed by atoms with Crippen LogP contribution >= 0.6 is 0 Å². The van der Waals surface area contributed by atoms with E-state index >= 15 is 0 Å². The molecule has 0 amide bonds. The molecule has 6 nitrogen and oxygen atoms in total. The molecule has 1 aliphatic heterocycles. The van der Waals surface area contributed by atoms with E-state index in [4.69, 9.17) is 14.2 Å². The van der Waals surface area contributed by atoms with Gasteiger partial charge < -0.3 is 19.5 Å². The summed E-state index contributed by atoms with van der Waals surface area (Å²) in [6.45, 7) is 11.3.